The van der Waals surface area contributed by atoms with E-state index in [1.54, 1.807) is 0 Å². The highest BCUT2D eigenvalue weighted by molar-refractivity contribution is 7.45. The monoisotopic (exact) mass is 1180 g/mol. The number of ether oxygens (including phenoxy) is 1. The van der Waals surface area contributed by atoms with Gasteiger partial charge in [-0.25, -0.2) is 0 Å². The number of allylic oxidation sites excluding steroid dienone is 13. The molecule has 0 bridgehead atoms. The first kappa shape index (κ1) is 80.2. The number of carbonyl (C=O) groups excluding carboxylic acids is 2. The fraction of sp³-hybridized carbons (Fsp3) is 0.781. The molecular weight excluding hydrogens is 1050 g/mol. The molecule has 3 atom stereocenters. The van der Waals surface area contributed by atoms with E-state index in [4.69, 9.17) is 13.8 Å². The summed E-state index contributed by atoms with van der Waals surface area (Å²) in [4.78, 5) is 40.2. The second kappa shape index (κ2) is 62.2. The number of likely N-dealkylation sites (N-methyl/N-ethyl adjacent to an activating group) is 1. The SMILES string of the molecule is CC/C=C\C/C=C\C/C=C\C/C=C\C/C=C\CCCCCCCCCCCCCC(=O)OC(/C=C\CCCCCCCCCCCCC)C(COP(=O)([O-])OCC[N+](C)(C)C)NC(=O)CCCCCCCCC/C=C/CCCCCCCC. The van der Waals surface area contributed by atoms with Gasteiger partial charge in [0.05, 0.1) is 33.8 Å². The van der Waals surface area contributed by atoms with Gasteiger partial charge in [0, 0.05) is 12.8 Å². The molecule has 0 aliphatic rings. The number of amides is 1. The largest absolute Gasteiger partial charge is 0.756 e. The molecule has 0 aromatic rings. The Balaban J connectivity index is 5.10. The summed E-state index contributed by atoms with van der Waals surface area (Å²) in [6.07, 6.45) is 82.7. The molecule has 0 heterocycles. The summed E-state index contributed by atoms with van der Waals surface area (Å²) in [7, 11) is 1.18. The number of rotatable bonds is 63. The van der Waals surface area contributed by atoms with E-state index in [0.29, 0.717) is 17.4 Å². The van der Waals surface area contributed by atoms with Crippen LogP contribution in [0.3, 0.4) is 0 Å². The van der Waals surface area contributed by atoms with Gasteiger partial charge in [0.1, 0.15) is 19.3 Å². The third-order valence-corrected chi connectivity index (χ3v) is 16.3. The molecule has 0 rings (SSSR count). The lowest BCUT2D eigenvalue weighted by Gasteiger charge is -2.30. The van der Waals surface area contributed by atoms with E-state index in [1.807, 2.05) is 33.3 Å². The highest BCUT2D eigenvalue weighted by atomic mass is 31.2. The summed E-state index contributed by atoms with van der Waals surface area (Å²) in [5.74, 6) is -0.543. The fourth-order valence-electron chi connectivity index (χ4n) is 9.96. The van der Waals surface area contributed by atoms with Crippen LogP contribution < -0.4 is 10.2 Å². The molecule has 482 valence electrons. The number of nitrogens with zero attached hydrogens (tertiary/aromatic N) is 1. The normalized spacial score (nSPS) is 14.1. The van der Waals surface area contributed by atoms with Gasteiger partial charge < -0.3 is 28.5 Å². The lowest BCUT2D eigenvalue weighted by molar-refractivity contribution is -0.870. The summed E-state index contributed by atoms with van der Waals surface area (Å²) < 4.78 is 30.4. The Morgan fingerprint density at radius 2 is 0.771 bits per heavy atom. The molecule has 0 aromatic heterocycles. The van der Waals surface area contributed by atoms with Crippen molar-refractivity contribution >= 4 is 19.7 Å². The van der Waals surface area contributed by atoms with Gasteiger partial charge in [0.2, 0.25) is 5.91 Å². The Bertz CT molecular complexity index is 1700. The number of carbonyl (C=O) groups is 2. The van der Waals surface area contributed by atoms with Crippen molar-refractivity contribution in [1.82, 2.24) is 5.32 Å². The van der Waals surface area contributed by atoms with Gasteiger partial charge in [0.15, 0.2) is 0 Å². The van der Waals surface area contributed by atoms with Crippen LogP contribution in [0.5, 0.6) is 0 Å². The van der Waals surface area contributed by atoms with Crippen molar-refractivity contribution in [2.24, 2.45) is 0 Å². The van der Waals surface area contributed by atoms with Gasteiger partial charge in [-0.15, -0.1) is 0 Å². The third kappa shape index (κ3) is 63.5. The molecule has 0 aliphatic carbocycles. The molecule has 0 saturated heterocycles. The van der Waals surface area contributed by atoms with Crippen LogP contribution >= 0.6 is 7.82 Å². The molecule has 3 unspecified atom stereocenters. The minimum atomic E-state index is -4.71. The Hall–Kier alpha value is -2.81. The average Bonchev–Trinajstić information content (AvgIpc) is 3.47. The van der Waals surface area contributed by atoms with Crippen molar-refractivity contribution in [3.05, 3.63) is 85.1 Å². The standard InChI is InChI=1S/C73H133N2O7P/c1-7-10-13-16-19-22-25-28-30-32-33-34-35-36-37-38-39-40-41-43-45-48-51-54-57-60-63-66-73(77)82-71(64-61-58-55-52-49-46-27-24-21-18-15-12-9-3)70(69-81-83(78,79)80-68-67-75(4,5)6)74-72(76)65-62-59-56-53-50-47-44-42-31-29-26-23-20-17-14-11-8-2/h10,13,19,22,28-31,33-34,36-37,61,64,70-71H,7-9,11-12,14-18,20-21,23-27,32,35,38-60,62-63,65-69H2,1-6H3,(H-,74,76,78,79)/b13-10-,22-19-,30-28-,31-29+,34-33-,37-36-,64-61-. The van der Waals surface area contributed by atoms with Crippen LogP contribution in [-0.4, -0.2) is 69.4 Å². The topological polar surface area (TPSA) is 114 Å². The molecule has 83 heavy (non-hydrogen) atoms. The van der Waals surface area contributed by atoms with Crippen molar-refractivity contribution in [2.75, 3.05) is 40.9 Å². The number of hydrogen-bond donors (Lipinski definition) is 1. The van der Waals surface area contributed by atoms with Crippen LogP contribution in [0.2, 0.25) is 0 Å². The van der Waals surface area contributed by atoms with Gasteiger partial charge in [-0.3, -0.25) is 14.2 Å². The molecule has 10 heteroatoms. The predicted octanol–water partition coefficient (Wildman–Crippen LogP) is 21.5. The van der Waals surface area contributed by atoms with E-state index >= 15 is 0 Å². The maximum Gasteiger partial charge on any atom is 0.306 e. The number of phosphoric ester groups is 1. The van der Waals surface area contributed by atoms with E-state index in [-0.39, 0.29) is 24.9 Å². The van der Waals surface area contributed by atoms with Crippen LogP contribution in [0.15, 0.2) is 85.1 Å². The molecule has 1 N–H and O–H groups in total. The molecule has 0 spiro atoms. The van der Waals surface area contributed by atoms with Crippen LogP contribution in [0.1, 0.15) is 316 Å². The van der Waals surface area contributed by atoms with Crippen molar-refractivity contribution in [1.29, 1.82) is 0 Å². The van der Waals surface area contributed by atoms with Crippen molar-refractivity contribution in [2.45, 2.75) is 328 Å². The Labute approximate surface area is 514 Å². The lowest BCUT2D eigenvalue weighted by Crippen LogP contribution is -2.47. The molecule has 0 fully saturated rings. The Kier molecular flexibility index (Phi) is 60.1. The van der Waals surface area contributed by atoms with E-state index in [2.05, 4.69) is 99.0 Å². The first-order valence-corrected chi connectivity index (χ1v) is 36.4. The molecular formula is C73H133N2O7P. The maximum atomic E-state index is 13.6. The minimum absolute atomic E-state index is 0.0254. The number of hydrogen-bond acceptors (Lipinski definition) is 7. The zero-order chi connectivity index (χ0) is 60.7. The highest BCUT2D eigenvalue weighted by Gasteiger charge is 2.27. The molecule has 0 saturated carbocycles. The van der Waals surface area contributed by atoms with Crippen LogP contribution in [0.25, 0.3) is 0 Å². The van der Waals surface area contributed by atoms with Gasteiger partial charge in [-0.1, -0.05) is 286 Å². The zero-order valence-corrected chi connectivity index (χ0v) is 56.0. The zero-order valence-electron chi connectivity index (χ0n) is 55.1. The second-order valence-electron chi connectivity index (χ2n) is 24.6. The van der Waals surface area contributed by atoms with Crippen molar-refractivity contribution in [3.8, 4) is 0 Å². The predicted molar refractivity (Wildman–Crippen MR) is 358 cm³/mol. The first-order chi connectivity index (χ1) is 40.4. The van der Waals surface area contributed by atoms with Crippen LogP contribution in [0.4, 0.5) is 0 Å². The summed E-state index contributed by atoms with van der Waals surface area (Å²) >= 11 is 0. The maximum absolute atomic E-state index is 13.6. The first-order valence-electron chi connectivity index (χ1n) is 34.9. The summed E-state index contributed by atoms with van der Waals surface area (Å²) in [6.45, 7) is 6.75. The number of unbranched alkanes of at least 4 members (excludes halogenated alkanes) is 35. The lowest BCUT2D eigenvalue weighted by atomic mass is 10.0. The summed E-state index contributed by atoms with van der Waals surface area (Å²) in [5.41, 5.74) is 0. The quantitative estimate of drug-likeness (QED) is 0.0212. The summed E-state index contributed by atoms with van der Waals surface area (Å²) in [6, 6.07) is -0.895. The van der Waals surface area contributed by atoms with E-state index in [9.17, 15) is 19.0 Å². The van der Waals surface area contributed by atoms with Crippen molar-refractivity contribution in [3.63, 3.8) is 0 Å². The molecule has 0 aromatic carbocycles. The van der Waals surface area contributed by atoms with Gasteiger partial charge in [-0.05, 0) is 102 Å². The van der Waals surface area contributed by atoms with Crippen LogP contribution in [-0.2, 0) is 27.9 Å². The van der Waals surface area contributed by atoms with Gasteiger partial charge in [-0.2, -0.15) is 0 Å². The highest BCUT2D eigenvalue weighted by Crippen LogP contribution is 2.38. The second-order valence-corrected chi connectivity index (χ2v) is 26.1. The third-order valence-electron chi connectivity index (χ3n) is 15.3. The number of quaternary nitrogens is 1. The Morgan fingerprint density at radius 1 is 0.434 bits per heavy atom. The van der Waals surface area contributed by atoms with Gasteiger partial charge in [0.25, 0.3) is 7.82 Å². The number of nitrogens with one attached hydrogen (secondary N) is 1. The molecule has 9 nitrogen and oxygen atoms in total. The molecule has 0 radical (unpaired) electrons. The smallest absolute Gasteiger partial charge is 0.306 e. The fourth-order valence-corrected chi connectivity index (χ4v) is 10.7. The van der Waals surface area contributed by atoms with E-state index < -0.39 is 26.6 Å². The van der Waals surface area contributed by atoms with Gasteiger partial charge >= 0.3 is 5.97 Å². The average molecular weight is 1180 g/mol. The minimum Gasteiger partial charge on any atom is -0.756 e. The Morgan fingerprint density at radius 3 is 1.17 bits per heavy atom. The van der Waals surface area contributed by atoms with E-state index in [1.165, 1.54) is 180 Å². The van der Waals surface area contributed by atoms with E-state index in [0.717, 1.165) is 103 Å². The summed E-state index contributed by atoms with van der Waals surface area (Å²) in [5, 5.41) is 3.04. The van der Waals surface area contributed by atoms with Crippen molar-refractivity contribution < 1.29 is 37.3 Å². The number of phosphoric acid groups is 1. The molecule has 0 aliphatic heterocycles. The molecule has 1 amide bonds. The number of esters is 1. The van der Waals surface area contributed by atoms with Crippen LogP contribution in [0, 0.1) is 0 Å².